The van der Waals surface area contributed by atoms with Crippen LogP contribution < -0.4 is 4.72 Å². The summed E-state index contributed by atoms with van der Waals surface area (Å²) in [5.41, 5.74) is 0.304. The van der Waals surface area contributed by atoms with E-state index >= 15 is 0 Å². The summed E-state index contributed by atoms with van der Waals surface area (Å²) in [6, 6.07) is 2.82. The van der Waals surface area contributed by atoms with E-state index < -0.39 is 16.0 Å². The molecule has 2 N–H and O–H groups in total. The largest absolute Gasteiger partial charge is 0.478 e. The first kappa shape index (κ1) is 15.3. The fourth-order valence-corrected chi connectivity index (χ4v) is 2.75. The van der Waals surface area contributed by atoms with Crippen molar-refractivity contribution in [1.29, 1.82) is 0 Å². The highest BCUT2D eigenvalue weighted by molar-refractivity contribution is 7.88. The summed E-state index contributed by atoms with van der Waals surface area (Å²) in [4.78, 5) is 10.9. The lowest BCUT2D eigenvalue weighted by Crippen LogP contribution is -2.24. The molecule has 0 saturated heterocycles. The van der Waals surface area contributed by atoms with Gasteiger partial charge in [0.1, 0.15) is 34.3 Å². The number of hydrogen-bond acceptors (Lipinski definition) is 6. The zero-order valence-corrected chi connectivity index (χ0v) is 12.2. The van der Waals surface area contributed by atoms with E-state index in [2.05, 4.69) is 9.88 Å². The van der Waals surface area contributed by atoms with Gasteiger partial charge in [-0.2, -0.15) is 0 Å². The van der Waals surface area contributed by atoms with Crippen molar-refractivity contribution < 1.29 is 27.3 Å². The summed E-state index contributed by atoms with van der Waals surface area (Å²) in [6.07, 6.45) is 0. The maximum atomic E-state index is 11.9. The SMILES string of the molecule is Cc1cc(CS(=O)(=O)NCc2cc(C(=O)O)c(C)o2)no1. The van der Waals surface area contributed by atoms with Crippen molar-refractivity contribution in [2.45, 2.75) is 26.1 Å². The fraction of sp³-hybridized carbons (Fsp3) is 0.333. The molecule has 0 aliphatic rings. The van der Waals surface area contributed by atoms with E-state index in [0.717, 1.165) is 0 Å². The Kier molecular flexibility index (Phi) is 4.14. The van der Waals surface area contributed by atoms with Gasteiger partial charge >= 0.3 is 5.97 Å². The van der Waals surface area contributed by atoms with E-state index in [-0.39, 0.29) is 29.4 Å². The molecule has 0 atom stereocenters. The fourth-order valence-electron chi connectivity index (χ4n) is 1.76. The lowest BCUT2D eigenvalue weighted by atomic mass is 10.2. The van der Waals surface area contributed by atoms with E-state index in [1.165, 1.54) is 19.1 Å². The van der Waals surface area contributed by atoms with Crippen LogP contribution in [0.15, 0.2) is 21.1 Å². The van der Waals surface area contributed by atoms with Gasteiger partial charge in [0, 0.05) is 6.07 Å². The Labute approximate surface area is 120 Å². The van der Waals surface area contributed by atoms with Crippen molar-refractivity contribution in [2.24, 2.45) is 0 Å². The molecule has 2 aromatic rings. The number of carboxylic acids is 1. The van der Waals surface area contributed by atoms with Crippen LogP contribution in [0.25, 0.3) is 0 Å². The molecule has 8 nitrogen and oxygen atoms in total. The van der Waals surface area contributed by atoms with Gasteiger partial charge in [0.05, 0.1) is 6.54 Å². The first-order valence-electron chi connectivity index (χ1n) is 5.99. The first-order valence-corrected chi connectivity index (χ1v) is 7.64. The number of sulfonamides is 1. The number of carboxylic acid groups (broad SMARTS) is 1. The summed E-state index contributed by atoms with van der Waals surface area (Å²) in [5, 5.41) is 12.5. The van der Waals surface area contributed by atoms with Gasteiger partial charge in [-0.1, -0.05) is 5.16 Å². The summed E-state index contributed by atoms with van der Waals surface area (Å²) >= 11 is 0. The van der Waals surface area contributed by atoms with Crippen molar-refractivity contribution in [2.75, 3.05) is 0 Å². The van der Waals surface area contributed by atoms with Crippen LogP contribution in [0.5, 0.6) is 0 Å². The second kappa shape index (κ2) is 5.70. The molecule has 21 heavy (non-hydrogen) atoms. The molecule has 0 aliphatic carbocycles. The third kappa shape index (κ3) is 3.92. The standard InChI is InChI=1S/C12H14N2O6S/c1-7-3-9(14-20-7)6-21(17,18)13-5-10-4-11(12(15)16)8(2)19-10/h3-4,13H,5-6H2,1-2H3,(H,15,16). The highest BCUT2D eigenvalue weighted by Crippen LogP contribution is 2.15. The molecule has 0 bridgehead atoms. The second-order valence-corrected chi connectivity index (χ2v) is 6.30. The third-order valence-corrected chi connectivity index (χ3v) is 3.94. The van der Waals surface area contributed by atoms with Gasteiger partial charge in [-0.3, -0.25) is 0 Å². The Morgan fingerprint density at radius 2 is 2.10 bits per heavy atom. The third-order valence-electron chi connectivity index (χ3n) is 2.68. The molecule has 2 heterocycles. The molecule has 0 unspecified atom stereocenters. The van der Waals surface area contributed by atoms with E-state index in [1.54, 1.807) is 6.92 Å². The van der Waals surface area contributed by atoms with E-state index in [0.29, 0.717) is 11.5 Å². The number of nitrogens with zero attached hydrogens (tertiary/aromatic N) is 1. The number of nitrogens with one attached hydrogen (secondary N) is 1. The summed E-state index contributed by atoms with van der Waals surface area (Å²) in [6.45, 7) is 3.03. The summed E-state index contributed by atoms with van der Waals surface area (Å²) in [5.74, 6) is -0.472. The smallest absolute Gasteiger partial charge is 0.339 e. The van der Waals surface area contributed by atoms with Crippen LogP contribution in [-0.2, 0) is 22.3 Å². The second-order valence-electron chi connectivity index (χ2n) is 4.50. The Bertz CT molecular complexity index is 759. The van der Waals surface area contributed by atoms with Gasteiger partial charge in [-0.05, 0) is 19.9 Å². The van der Waals surface area contributed by atoms with Crippen LogP contribution in [0.2, 0.25) is 0 Å². The molecule has 114 valence electrons. The number of furan rings is 1. The summed E-state index contributed by atoms with van der Waals surface area (Å²) < 4.78 is 36.0. The number of aromatic carboxylic acids is 1. The minimum atomic E-state index is -3.62. The van der Waals surface area contributed by atoms with Crippen molar-refractivity contribution in [3.05, 3.63) is 40.7 Å². The minimum Gasteiger partial charge on any atom is -0.478 e. The van der Waals surface area contributed by atoms with Gasteiger partial charge < -0.3 is 14.0 Å². The quantitative estimate of drug-likeness (QED) is 0.821. The van der Waals surface area contributed by atoms with Crippen molar-refractivity contribution in [3.8, 4) is 0 Å². The Balaban J connectivity index is 2.01. The molecule has 9 heteroatoms. The Morgan fingerprint density at radius 1 is 1.38 bits per heavy atom. The van der Waals surface area contributed by atoms with Crippen molar-refractivity contribution in [3.63, 3.8) is 0 Å². The predicted molar refractivity (Wildman–Crippen MR) is 71.1 cm³/mol. The number of aryl methyl sites for hydroxylation is 2. The van der Waals surface area contributed by atoms with E-state index in [1.807, 2.05) is 0 Å². The minimum absolute atomic E-state index is 0.0105. The monoisotopic (exact) mass is 314 g/mol. The molecule has 0 aliphatic heterocycles. The maximum Gasteiger partial charge on any atom is 0.339 e. The number of carbonyl (C=O) groups is 1. The number of rotatable bonds is 6. The van der Waals surface area contributed by atoms with Crippen LogP contribution in [0.4, 0.5) is 0 Å². The first-order chi connectivity index (χ1) is 9.77. The molecule has 0 spiro atoms. The lowest BCUT2D eigenvalue weighted by Gasteiger charge is -2.02. The molecule has 0 radical (unpaired) electrons. The predicted octanol–water partition coefficient (Wildman–Crippen LogP) is 1.20. The number of aromatic nitrogens is 1. The van der Waals surface area contributed by atoms with Gasteiger partial charge in [0.25, 0.3) is 0 Å². The summed E-state index contributed by atoms with van der Waals surface area (Å²) in [7, 11) is -3.62. The van der Waals surface area contributed by atoms with Crippen molar-refractivity contribution >= 4 is 16.0 Å². The zero-order valence-electron chi connectivity index (χ0n) is 11.4. The molecule has 0 amide bonds. The average molecular weight is 314 g/mol. The Hall–Kier alpha value is -2.13. The zero-order chi connectivity index (χ0) is 15.6. The van der Waals surface area contributed by atoms with Crippen molar-refractivity contribution in [1.82, 2.24) is 9.88 Å². The van der Waals surface area contributed by atoms with Crippen LogP contribution in [0, 0.1) is 13.8 Å². The topological polar surface area (TPSA) is 123 Å². The molecular weight excluding hydrogens is 300 g/mol. The molecule has 0 aromatic carbocycles. The average Bonchev–Trinajstić information content (AvgIpc) is 2.93. The molecule has 0 saturated carbocycles. The lowest BCUT2D eigenvalue weighted by molar-refractivity contribution is 0.0695. The highest BCUT2D eigenvalue weighted by atomic mass is 32.2. The normalized spacial score (nSPS) is 11.7. The maximum absolute atomic E-state index is 11.9. The van der Waals surface area contributed by atoms with Crippen LogP contribution >= 0.6 is 0 Å². The van der Waals surface area contributed by atoms with Crippen LogP contribution in [0.3, 0.4) is 0 Å². The van der Waals surface area contributed by atoms with Crippen LogP contribution in [-0.4, -0.2) is 24.7 Å². The Morgan fingerprint density at radius 3 is 2.62 bits per heavy atom. The van der Waals surface area contributed by atoms with E-state index in [9.17, 15) is 13.2 Å². The van der Waals surface area contributed by atoms with Gasteiger partial charge in [-0.15, -0.1) is 0 Å². The van der Waals surface area contributed by atoms with Gasteiger partial charge in [0.15, 0.2) is 0 Å². The van der Waals surface area contributed by atoms with Crippen LogP contribution in [0.1, 0.15) is 33.3 Å². The highest BCUT2D eigenvalue weighted by Gasteiger charge is 2.17. The van der Waals surface area contributed by atoms with Gasteiger partial charge in [-0.25, -0.2) is 17.9 Å². The molecule has 2 rings (SSSR count). The van der Waals surface area contributed by atoms with Gasteiger partial charge in [0.2, 0.25) is 10.0 Å². The molecule has 2 aromatic heterocycles. The molecule has 0 fully saturated rings. The number of hydrogen-bond donors (Lipinski definition) is 2. The van der Waals surface area contributed by atoms with E-state index in [4.69, 9.17) is 14.0 Å². The molecular formula is C12H14N2O6S.